The van der Waals surface area contributed by atoms with E-state index >= 15 is 0 Å². The zero-order chi connectivity index (χ0) is 10.1. The van der Waals surface area contributed by atoms with Crippen molar-refractivity contribution < 1.29 is 4.74 Å². The van der Waals surface area contributed by atoms with E-state index in [1.807, 2.05) is 6.07 Å². The fourth-order valence-electron chi connectivity index (χ4n) is 1.64. The lowest BCUT2D eigenvalue weighted by molar-refractivity contribution is 0.181. The van der Waals surface area contributed by atoms with Crippen LogP contribution >= 0.6 is 23.2 Å². The SMILES string of the molecule is NCC1CCc2cc(Cl)cc(Cl)c2O1. The smallest absolute Gasteiger partial charge is 0.141 e. The quantitative estimate of drug-likeness (QED) is 0.807. The van der Waals surface area contributed by atoms with E-state index in [4.69, 9.17) is 33.7 Å². The predicted octanol–water partition coefficient (Wildman–Crippen LogP) is 2.65. The second kappa shape index (κ2) is 3.97. The van der Waals surface area contributed by atoms with Gasteiger partial charge < -0.3 is 10.5 Å². The molecule has 14 heavy (non-hydrogen) atoms. The topological polar surface area (TPSA) is 35.2 Å². The first-order chi connectivity index (χ1) is 6.70. The van der Waals surface area contributed by atoms with Gasteiger partial charge in [0.25, 0.3) is 0 Å². The van der Waals surface area contributed by atoms with Crippen LogP contribution in [0.5, 0.6) is 5.75 Å². The van der Waals surface area contributed by atoms with Gasteiger partial charge in [0.2, 0.25) is 0 Å². The second-order valence-electron chi connectivity index (χ2n) is 3.39. The Balaban J connectivity index is 2.37. The Labute approximate surface area is 92.9 Å². The lowest BCUT2D eigenvalue weighted by Gasteiger charge is -2.25. The molecule has 0 saturated heterocycles. The number of halogens is 2. The molecule has 4 heteroatoms. The maximum Gasteiger partial charge on any atom is 0.141 e. The summed E-state index contributed by atoms with van der Waals surface area (Å²) < 4.78 is 5.65. The van der Waals surface area contributed by atoms with Crippen molar-refractivity contribution in [3.05, 3.63) is 27.7 Å². The van der Waals surface area contributed by atoms with Crippen molar-refractivity contribution in [3.63, 3.8) is 0 Å². The summed E-state index contributed by atoms with van der Waals surface area (Å²) in [6, 6.07) is 3.59. The van der Waals surface area contributed by atoms with Crippen LogP contribution in [-0.4, -0.2) is 12.6 Å². The first-order valence-electron chi connectivity index (χ1n) is 4.55. The average Bonchev–Trinajstić information content (AvgIpc) is 2.17. The number of aryl methyl sites for hydroxylation is 1. The van der Waals surface area contributed by atoms with E-state index in [0.29, 0.717) is 16.6 Å². The molecule has 0 bridgehead atoms. The molecule has 0 spiro atoms. The van der Waals surface area contributed by atoms with Crippen molar-refractivity contribution in [2.45, 2.75) is 18.9 Å². The van der Waals surface area contributed by atoms with E-state index in [1.54, 1.807) is 6.07 Å². The first-order valence-corrected chi connectivity index (χ1v) is 5.31. The standard InChI is InChI=1S/C10H11Cl2NO/c11-7-3-6-1-2-8(5-13)14-10(6)9(12)4-7/h3-4,8H,1-2,5,13H2. The molecule has 2 N–H and O–H groups in total. The summed E-state index contributed by atoms with van der Waals surface area (Å²) in [7, 11) is 0. The summed E-state index contributed by atoms with van der Waals surface area (Å²) in [6.45, 7) is 0.526. The number of hydrogen-bond acceptors (Lipinski definition) is 2. The minimum absolute atomic E-state index is 0.0844. The number of fused-ring (bicyclic) bond motifs is 1. The Morgan fingerprint density at radius 2 is 2.21 bits per heavy atom. The summed E-state index contributed by atoms with van der Waals surface area (Å²) in [5.74, 6) is 0.748. The molecule has 1 aromatic carbocycles. The van der Waals surface area contributed by atoms with Gasteiger partial charge in [0.05, 0.1) is 5.02 Å². The fraction of sp³-hybridized carbons (Fsp3) is 0.400. The Morgan fingerprint density at radius 1 is 1.43 bits per heavy atom. The zero-order valence-electron chi connectivity index (χ0n) is 7.59. The van der Waals surface area contributed by atoms with Gasteiger partial charge in [-0.2, -0.15) is 0 Å². The van der Waals surface area contributed by atoms with Gasteiger partial charge >= 0.3 is 0 Å². The van der Waals surface area contributed by atoms with Crippen molar-refractivity contribution in [2.75, 3.05) is 6.54 Å². The summed E-state index contributed by atoms with van der Waals surface area (Å²) in [5.41, 5.74) is 6.62. The molecular formula is C10H11Cl2NO. The third kappa shape index (κ3) is 1.83. The van der Waals surface area contributed by atoms with E-state index < -0.39 is 0 Å². The largest absolute Gasteiger partial charge is 0.487 e. The van der Waals surface area contributed by atoms with Crippen molar-refractivity contribution in [1.82, 2.24) is 0 Å². The van der Waals surface area contributed by atoms with E-state index in [0.717, 1.165) is 24.2 Å². The number of nitrogens with two attached hydrogens (primary N) is 1. The minimum Gasteiger partial charge on any atom is -0.487 e. The Bertz CT molecular complexity index is 354. The highest BCUT2D eigenvalue weighted by Gasteiger charge is 2.21. The van der Waals surface area contributed by atoms with E-state index in [1.165, 1.54) is 0 Å². The van der Waals surface area contributed by atoms with Gasteiger partial charge in [-0.05, 0) is 30.5 Å². The van der Waals surface area contributed by atoms with Crippen LogP contribution in [0.25, 0.3) is 0 Å². The van der Waals surface area contributed by atoms with Gasteiger partial charge in [-0.25, -0.2) is 0 Å². The highest BCUT2D eigenvalue weighted by molar-refractivity contribution is 6.35. The monoisotopic (exact) mass is 231 g/mol. The van der Waals surface area contributed by atoms with Crippen LogP contribution in [0, 0.1) is 0 Å². The summed E-state index contributed by atoms with van der Waals surface area (Å²) in [5, 5.41) is 1.23. The zero-order valence-corrected chi connectivity index (χ0v) is 9.11. The molecule has 1 aromatic rings. The van der Waals surface area contributed by atoms with E-state index in [2.05, 4.69) is 0 Å². The molecule has 0 saturated carbocycles. The number of rotatable bonds is 1. The van der Waals surface area contributed by atoms with E-state index in [9.17, 15) is 0 Å². The maximum atomic E-state index is 6.02. The number of benzene rings is 1. The Hall–Kier alpha value is -0.440. The number of ether oxygens (including phenoxy) is 1. The van der Waals surface area contributed by atoms with Crippen molar-refractivity contribution in [3.8, 4) is 5.75 Å². The molecule has 76 valence electrons. The Kier molecular flexibility index (Phi) is 2.86. The van der Waals surface area contributed by atoms with Crippen LogP contribution in [0.3, 0.4) is 0 Å². The fourth-order valence-corrected chi connectivity index (χ4v) is 2.22. The molecular weight excluding hydrogens is 221 g/mol. The van der Waals surface area contributed by atoms with Crippen LogP contribution in [0.1, 0.15) is 12.0 Å². The van der Waals surface area contributed by atoms with Crippen LogP contribution in [0.2, 0.25) is 10.0 Å². The normalized spacial score (nSPS) is 20.1. The average molecular weight is 232 g/mol. The molecule has 1 aliphatic heterocycles. The third-order valence-electron chi connectivity index (χ3n) is 2.37. The summed E-state index contributed by atoms with van der Waals surface area (Å²) in [4.78, 5) is 0. The second-order valence-corrected chi connectivity index (χ2v) is 4.23. The molecule has 1 unspecified atom stereocenters. The molecule has 0 aromatic heterocycles. The highest BCUT2D eigenvalue weighted by Crippen LogP contribution is 2.36. The van der Waals surface area contributed by atoms with Gasteiger partial charge in [-0.15, -0.1) is 0 Å². The van der Waals surface area contributed by atoms with Gasteiger partial charge in [-0.3, -0.25) is 0 Å². The number of hydrogen-bond donors (Lipinski definition) is 1. The lowest BCUT2D eigenvalue weighted by atomic mass is 10.0. The summed E-state index contributed by atoms with van der Waals surface area (Å²) >= 11 is 11.9. The summed E-state index contributed by atoms with van der Waals surface area (Å²) in [6.07, 6.45) is 1.94. The minimum atomic E-state index is 0.0844. The van der Waals surface area contributed by atoms with Crippen molar-refractivity contribution in [1.29, 1.82) is 0 Å². The first kappa shape index (κ1) is 10.1. The highest BCUT2D eigenvalue weighted by atomic mass is 35.5. The molecule has 0 aliphatic carbocycles. The van der Waals surface area contributed by atoms with Crippen molar-refractivity contribution >= 4 is 23.2 Å². The van der Waals surface area contributed by atoms with Crippen LogP contribution < -0.4 is 10.5 Å². The third-order valence-corrected chi connectivity index (χ3v) is 2.87. The molecule has 2 rings (SSSR count). The van der Waals surface area contributed by atoms with Gasteiger partial charge in [0.1, 0.15) is 11.9 Å². The lowest BCUT2D eigenvalue weighted by Crippen LogP contribution is -2.30. The molecule has 0 radical (unpaired) electrons. The van der Waals surface area contributed by atoms with Gasteiger partial charge in [0, 0.05) is 11.6 Å². The molecule has 0 amide bonds. The molecule has 2 nitrogen and oxygen atoms in total. The Morgan fingerprint density at radius 3 is 2.93 bits per heavy atom. The van der Waals surface area contributed by atoms with Crippen molar-refractivity contribution in [2.24, 2.45) is 5.73 Å². The van der Waals surface area contributed by atoms with E-state index in [-0.39, 0.29) is 6.10 Å². The van der Waals surface area contributed by atoms with Crippen LogP contribution in [-0.2, 0) is 6.42 Å². The molecule has 0 fully saturated rings. The van der Waals surface area contributed by atoms with Crippen LogP contribution in [0.15, 0.2) is 12.1 Å². The molecule has 1 atom stereocenters. The molecule has 1 aliphatic rings. The molecule has 1 heterocycles. The maximum absolute atomic E-state index is 6.02. The predicted molar refractivity (Wildman–Crippen MR) is 58.3 cm³/mol. The van der Waals surface area contributed by atoms with Crippen LogP contribution in [0.4, 0.5) is 0 Å². The van der Waals surface area contributed by atoms with Gasteiger partial charge in [0.15, 0.2) is 0 Å². The van der Waals surface area contributed by atoms with Gasteiger partial charge in [-0.1, -0.05) is 23.2 Å².